The minimum absolute atomic E-state index is 0.00310. The monoisotopic (exact) mass is 480 g/mol. The molecule has 2 aliphatic rings. The van der Waals surface area contributed by atoms with Crippen molar-refractivity contribution in [2.45, 2.75) is 70.1 Å². The summed E-state index contributed by atoms with van der Waals surface area (Å²) in [7, 11) is -3.65. The number of rotatable bonds is 7. The minimum atomic E-state index is -3.65. The Bertz CT molecular complexity index is 1300. The molecule has 1 aromatic carbocycles. The molecule has 7 heteroatoms. The highest BCUT2D eigenvalue weighted by Crippen LogP contribution is 2.39. The Morgan fingerprint density at radius 3 is 2.62 bits per heavy atom. The summed E-state index contributed by atoms with van der Waals surface area (Å²) in [5.41, 5.74) is 2.87. The van der Waals surface area contributed by atoms with Crippen molar-refractivity contribution in [1.29, 1.82) is 0 Å². The van der Waals surface area contributed by atoms with Gasteiger partial charge in [-0.25, -0.2) is 8.42 Å². The molecule has 2 aliphatic carbocycles. The summed E-state index contributed by atoms with van der Waals surface area (Å²) in [6.07, 6.45) is 9.51. The molecule has 0 aliphatic heterocycles. The van der Waals surface area contributed by atoms with E-state index >= 15 is 0 Å². The second-order valence-electron chi connectivity index (χ2n) is 10.1. The molecule has 180 valence electrons. The number of hydrogen-bond acceptors (Lipinski definition) is 6. The third kappa shape index (κ3) is 4.42. The molecular formula is C27H32N2O4S. The lowest BCUT2D eigenvalue weighted by atomic mass is 9.87. The topological polar surface area (TPSA) is 90.1 Å². The Morgan fingerprint density at radius 2 is 1.88 bits per heavy atom. The number of hydrogen-bond donors (Lipinski definition) is 0. The van der Waals surface area contributed by atoms with Gasteiger partial charge in [-0.05, 0) is 68.4 Å². The molecule has 2 saturated carbocycles. The Morgan fingerprint density at radius 1 is 1.09 bits per heavy atom. The van der Waals surface area contributed by atoms with E-state index in [0.717, 1.165) is 43.2 Å². The summed E-state index contributed by atoms with van der Waals surface area (Å²) in [4.78, 5) is 17.8. The molecule has 5 rings (SSSR count). The Kier molecular flexibility index (Phi) is 6.32. The van der Waals surface area contributed by atoms with Crippen molar-refractivity contribution in [2.24, 2.45) is 17.8 Å². The lowest BCUT2D eigenvalue weighted by Crippen LogP contribution is -2.26. The summed E-state index contributed by atoms with van der Waals surface area (Å²) in [6, 6.07) is 7.20. The number of pyridine rings is 1. The van der Waals surface area contributed by atoms with E-state index in [-0.39, 0.29) is 28.3 Å². The molecule has 0 saturated heterocycles. The lowest BCUT2D eigenvalue weighted by molar-refractivity contribution is -0.124. The molecule has 2 heterocycles. The van der Waals surface area contributed by atoms with Crippen LogP contribution in [-0.4, -0.2) is 30.1 Å². The van der Waals surface area contributed by atoms with Crippen molar-refractivity contribution >= 4 is 26.5 Å². The van der Waals surface area contributed by atoms with Crippen LogP contribution in [0.2, 0.25) is 0 Å². The van der Waals surface area contributed by atoms with E-state index in [1.807, 2.05) is 26.0 Å². The normalized spacial score (nSPS) is 21.5. The average molecular weight is 481 g/mol. The van der Waals surface area contributed by atoms with E-state index in [1.54, 1.807) is 18.3 Å². The van der Waals surface area contributed by atoms with Crippen LogP contribution < -0.4 is 0 Å². The van der Waals surface area contributed by atoms with E-state index in [2.05, 4.69) is 10.1 Å². The van der Waals surface area contributed by atoms with Gasteiger partial charge in [0.05, 0.1) is 21.9 Å². The maximum atomic E-state index is 13.8. The maximum absolute atomic E-state index is 13.8. The number of carbonyl (C=O) groups excluding carboxylic acids is 1. The standard InChI is InChI=1S/C27H32N2O4S/c1-17-27(18(2)33-29-17)21-14-24-23(11-6-12-28-24)26(15-21)34(31,32)16-20-9-5-10-22(20)25(30)13-19-7-3-4-8-19/h6,11-12,14-15,19-20,22H,3-5,7-10,13,16H2,1-2H3/t20-,22?/m0/s1. The molecule has 0 spiro atoms. The smallest absolute Gasteiger partial charge is 0.179 e. The Hall–Kier alpha value is -2.54. The van der Waals surface area contributed by atoms with Gasteiger partial charge in [-0.15, -0.1) is 0 Å². The Labute approximate surface area is 201 Å². The molecule has 1 unspecified atom stereocenters. The predicted octanol–water partition coefficient (Wildman–Crippen LogP) is 5.85. The van der Waals surface area contributed by atoms with Crippen LogP contribution in [0, 0.1) is 31.6 Å². The number of nitrogens with zero attached hydrogens (tertiary/aromatic N) is 2. The van der Waals surface area contributed by atoms with Crippen LogP contribution in [-0.2, 0) is 14.6 Å². The number of sulfone groups is 1. The van der Waals surface area contributed by atoms with E-state index in [9.17, 15) is 13.2 Å². The molecule has 0 bridgehead atoms. The van der Waals surface area contributed by atoms with Crippen molar-refractivity contribution in [3.05, 3.63) is 41.9 Å². The van der Waals surface area contributed by atoms with Gasteiger partial charge in [0.15, 0.2) is 9.84 Å². The first-order chi connectivity index (χ1) is 16.3. The first-order valence-electron chi connectivity index (χ1n) is 12.4. The summed E-state index contributed by atoms with van der Waals surface area (Å²) < 4.78 is 33.0. The minimum Gasteiger partial charge on any atom is -0.361 e. The van der Waals surface area contributed by atoms with Crippen molar-refractivity contribution in [1.82, 2.24) is 10.1 Å². The van der Waals surface area contributed by atoms with E-state index in [4.69, 9.17) is 4.52 Å². The summed E-state index contributed by atoms with van der Waals surface area (Å²) in [6.45, 7) is 3.67. The van der Waals surface area contributed by atoms with Gasteiger partial charge in [0, 0.05) is 29.5 Å². The van der Waals surface area contributed by atoms with E-state index in [1.165, 1.54) is 12.8 Å². The van der Waals surface area contributed by atoms with Gasteiger partial charge in [-0.3, -0.25) is 9.78 Å². The quantitative estimate of drug-likeness (QED) is 0.422. The molecule has 6 nitrogen and oxygen atoms in total. The fraction of sp³-hybridized carbons (Fsp3) is 0.519. The molecule has 34 heavy (non-hydrogen) atoms. The van der Waals surface area contributed by atoms with Crippen LogP contribution in [0.3, 0.4) is 0 Å². The molecule has 0 radical (unpaired) electrons. The zero-order chi connectivity index (χ0) is 23.9. The van der Waals surface area contributed by atoms with Crippen LogP contribution >= 0.6 is 0 Å². The number of ketones is 1. The highest BCUT2D eigenvalue weighted by Gasteiger charge is 2.37. The van der Waals surface area contributed by atoms with Crippen LogP contribution in [0.1, 0.15) is 62.8 Å². The van der Waals surface area contributed by atoms with Gasteiger partial charge in [-0.1, -0.05) is 37.3 Å². The van der Waals surface area contributed by atoms with Gasteiger partial charge < -0.3 is 4.52 Å². The SMILES string of the molecule is Cc1noc(C)c1-c1cc(S(=O)(=O)C[C@@H]2CCCC2C(=O)CC2CCCC2)c2cccnc2c1. The van der Waals surface area contributed by atoms with Crippen molar-refractivity contribution in [3.63, 3.8) is 0 Å². The number of carbonyl (C=O) groups is 1. The maximum Gasteiger partial charge on any atom is 0.179 e. The molecule has 3 aromatic rings. The molecule has 0 N–H and O–H groups in total. The largest absolute Gasteiger partial charge is 0.361 e. The first kappa shape index (κ1) is 23.2. The van der Waals surface area contributed by atoms with Gasteiger partial charge in [0.25, 0.3) is 0 Å². The van der Waals surface area contributed by atoms with Gasteiger partial charge in [0.1, 0.15) is 11.5 Å². The second-order valence-corrected chi connectivity index (χ2v) is 12.1. The molecule has 0 amide bonds. The van der Waals surface area contributed by atoms with Crippen LogP contribution in [0.15, 0.2) is 39.9 Å². The number of aromatic nitrogens is 2. The number of fused-ring (bicyclic) bond motifs is 1. The lowest BCUT2D eigenvalue weighted by Gasteiger charge is -2.21. The summed E-state index contributed by atoms with van der Waals surface area (Å²) >= 11 is 0. The molecular weight excluding hydrogens is 448 g/mol. The Balaban J connectivity index is 1.48. The van der Waals surface area contributed by atoms with Crippen LogP contribution in [0.25, 0.3) is 22.0 Å². The number of benzene rings is 1. The number of Topliss-reactive ketones (excluding diaryl/α,β-unsaturated/α-hetero) is 1. The van der Waals surface area contributed by atoms with Crippen LogP contribution in [0.4, 0.5) is 0 Å². The van der Waals surface area contributed by atoms with Gasteiger partial charge in [0.2, 0.25) is 0 Å². The van der Waals surface area contributed by atoms with Crippen molar-refractivity contribution in [2.75, 3.05) is 5.75 Å². The summed E-state index contributed by atoms with van der Waals surface area (Å²) in [5, 5.41) is 4.65. The second kappa shape index (κ2) is 9.25. The molecule has 2 aromatic heterocycles. The highest BCUT2D eigenvalue weighted by molar-refractivity contribution is 7.91. The predicted molar refractivity (Wildman–Crippen MR) is 131 cm³/mol. The summed E-state index contributed by atoms with van der Waals surface area (Å²) in [5.74, 6) is 1.17. The zero-order valence-corrected chi connectivity index (χ0v) is 20.7. The highest BCUT2D eigenvalue weighted by atomic mass is 32.2. The average Bonchev–Trinajstić information content (AvgIpc) is 3.55. The molecule has 2 atom stereocenters. The zero-order valence-electron chi connectivity index (χ0n) is 19.9. The van der Waals surface area contributed by atoms with E-state index in [0.29, 0.717) is 34.7 Å². The molecule has 2 fully saturated rings. The number of aryl methyl sites for hydroxylation is 2. The fourth-order valence-electron chi connectivity index (χ4n) is 6.13. The third-order valence-corrected chi connectivity index (χ3v) is 9.69. The third-order valence-electron chi connectivity index (χ3n) is 7.81. The van der Waals surface area contributed by atoms with Crippen molar-refractivity contribution in [3.8, 4) is 11.1 Å². The van der Waals surface area contributed by atoms with Gasteiger partial charge >= 0.3 is 0 Å². The van der Waals surface area contributed by atoms with Gasteiger partial charge in [-0.2, -0.15) is 0 Å². The van der Waals surface area contributed by atoms with Crippen LogP contribution in [0.5, 0.6) is 0 Å². The first-order valence-corrected chi connectivity index (χ1v) is 14.1. The van der Waals surface area contributed by atoms with E-state index < -0.39 is 9.84 Å². The fourth-order valence-corrected chi connectivity index (χ4v) is 8.08. The van der Waals surface area contributed by atoms with Crippen molar-refractivity contribution < 1.29 is 17.7 Å².